The summed E-state index contributed by atoms with van der Waals surface area (Å²) in [5.74, 6) is -3.65. The molecule has 0 radical (unpaired) electrons. The van der Waals surface area contributed by atoms with E-state index < -0.39 is 11.9 Å². The molecule has 3 rings (SSSR count). The zero-order chi connectivity index (χ0) is 20.2. The first-order valence-corrected chi connectivity index (χ1v) is 9.38. The SMILES string of the molecule is O=C(O)C(=O)O.c1ccc(CCCN2CCN(Cc3ccncc3)CC2)cc1. The zero-order valence-corrected chi connectivity index (χ0v) is 15.9. The van der Waals surface area contributed by atoms with Gasteiger partial charge in [-0.05, 0) is 42.6 Å². The highest BCUT2D eigenvalue weighted by Gasteiger charge is 2.16. The standard InChI is InChI=1S/C19H25N3.C2H2O4/c1-2-5-18(6-3-1)7-4-12-21-13-15-22(16-14-21)17-19-8-10-20-11-9-19;3-1(4)2(5)6/h1-3,5-6,8-11H,4,7,12-17H2;(H,3,4)(H,5,6). The zero-order valence-electron chi connectivity index (χ0n) is 15.9. The number of carboxylic acids is 2. The van der Waals surface area contributed by atoms with Gasteiger partial charge in [0.2, 0.25) is 0 Å². The molecule has 2 N–H and O–H groups in total. The number of carboxylic acid groups (broad SMARTS) is 2. The fourth-order valence-corrected chi connectivity index (χ4v) is 3.07. The molecular formula is C21H27N3O4. The second-order valence-corrected chi connectivity index (χ2v) is 6.67. The summed E-state index contributed by atoms with van der Waals surface area (Å²) in [5.41, 5.74) is 2.83. The molecule has 0 saturated carbocycles. The highest BCUT2D eigenvalue weighted by atomic mass is 16.4. The van der Waals surface area contributed by atoms with Crippen LogP contribution in [0.2, 0.25) is 0 Å². The van der Waals surface area contributed by atoms with Crippen LogP contribution in [0.15, 0.2) is 54.9 Å². The quantitative estimate of drug-likeness (QED) is 0.735. The third-order valence-corrected chi connectivity index (χ3v) is 4.59. The maximum atomic E-state index is 9.10. The van der Waals surface area contributed by atoms with E-state index in [4.69, 9.17) is 19.8 Å². The average molecular weight is 385 g/mol. The van der Waals surface area contributed by atoms with Crippen LogP contribution in [0.1, 0.15) is 17.5 Å². The van der Waals surface area contributed by atoms with Crippen LogP contribution in [0.4, 0.5) is 0 Å². The highest BCUT2D eigenvalue weighted by Crippen LogP contribution is 2.09. The Hall–Kier alpha value is -2.77. The van der Waals surface area contributed by atoms with Crippen molar-refractivity contribution in [3.63, 3.8) is 0 Å². The van der Waals surface area contributed by atoms with E-state index in [1.165, 1.54) is 56.7 Å². The van der Waals surface area contributed by atoms with Gasteiger partial charge in [-0.3, -0.25) is 9.88 Å². The number of benzene rings is 1. The van der Waals surface area contributed by atoms with Crippen LogP contribution in [0.5, 0.6) is 0 Å². The van der Waals surface area contributed by atoms with E-state index in [2.05, 4.69) is 57.2 Å². The molecule has 0 spiro atoms. The molecule has 0 atom stereocenters. The minimum atomic E-state index is -1.82. The number of hydrogen-bond donors (Lipinski definition) is 2. The average Bonchev–Trinajstić information content (AvgIpc) is 2.71. The maximum absolute atomic E-state index is 9.10. The van der Waals surface area contributed by atoms with Crippen LogP contribution in [0, 0.1) is 0 Å². The Morgan fingerprint density at radius 3 is 1.96 bits per heavy atom. The number of piperazine rings is 1. The minimum Gasteiger partial charge on any atom is -0.473 e. The van der Waals surface area contributed by atoms with Crippen molar-refractivity contribution in [2.45, 2.75) is 19.4 Å². The predicted octanol–water partition coefficient (Wildman–Crippen LogP) is 1.99. The molecule has 2 heterocycles. The lowest BCUT2D eigenvalue weighted by molar-refractivity contribution is -0.159. The molecule has 0 bridgehead atoms. The smallest absolute Gasteiger partial charge is 0.414 e. The van der Waals surface area contributed by atoms with E-state index >= 15 is 0 Å². The van der Waals surface area contributed by atoms with E-state index in [1.54, 1.807) is 0 Å². The van der Waals surface area contributed by atoms with Gasteiger partial charge in [-0.15, -0.1) is 0 Å². The number of pyridine rings is 1. The van der Waals surface area contributed by atoms with Gasteiger partial charge in [0.1, 0.15) is 0 Å². The Morgan fingerprint density at radius 1 is 0.821 bits per heavy atom. The van der Waals surface area contributed by atoms with Crippen molar-refractivity contribution in [3.8, 4) is 0 Å². The molecule has 1 saturated heterocycles. The summed E-state index contributed by atoms with van der Waals surface area (Å²) < 4.78 is 0. The molecule has 28 heavy (non-hydrogen) atoms. The van der Waals surface area contributed by atoms with Gasteiger partial charge >= 0.3 is 11.9 Å². The molecule has 150 valence electrons. The van der Waals surface area contributed by atoms with Gasteiger partial charge in [-0.2, -0.15) is 0 Å². The van der Waals surface area contributed by atoms with Crippen molar-refractivity contribution >= 4 is 11.9 Å². The predicted molar refractivity (Wildman–Crippen MR) is 106 cm³/mol. The summed E-state index contributed by atoms with van der Waals surface area (Å²) >= 11 is 0. The van der Waals surface area contributed by atoms with Gasteiger partial charge in [0.05, 0.1) is 0 Å². The number of aryl methyl sites for hydroxylation is 1. The Bertz CT molecular complexity index is 705. The number of aliphatic carboxylic acids is 2. The summed E-state index contributed by atoms with van der Waals surface area (Å²) in [6.07, 6.45) is 6.22. The fraction of sp³-hybridized carbons (Fsp3) is 0.381. The van der Waals surface area contributed by atoms with Crippen molar-refractivity contribution in [1.82, 2.24) is 14.8 Å². The molecular weight excluding hydrogens is 358 g/mol. The summed E-state index contributed by atoms with van der Waals surface area (Å²) in [7, 11) is 0. The van der Waals surface area contributed by atoms with Gasteiger partial charge in [0, 0.05) is 45.1 Å². The second kappa shape index (κ2) is 11.8. The van der Waals surface area contributed by atoms with Gasteiger partial charge in [-0.1, -0.05) is 30.3 Å². The van der Waals surface area contributed by atoms with Crippen molar-refractivity contribution in [2.75, 3.05) is 32.7 Å². The highest BCUT2D eigenvalue weighted by molar-refractivity contribution is 6.27. The van der Waals surface area contributed by atoms with Gasteiger partial charge in [0.25, 0.3) is 0 Å². The number of hydrogen-bond acceptors (Lipinski definition) is 5. The first-order valence-electron chi connectivity index (χ1n) is 9.38. The van der Waals surface area contributed by atoms with Crippen LogP contribution in [-0.2, 0) is 22.6 Å². The van der Waals surface area contributed by atoms with E-state index in [0.717, 1.165) is 6.54 Å². The lowest BCUT2D eigenvalue weighted by atomic mass is 10.1. The molecule has 0 unspecified atom stereocenters. The number of nitrogens with zero attached hydrogens (tertiary/aromatic N) is 3. The lowest BCUT2D eigenvalue weighted by Crippen LogP contribution is -2.46. The fourth-order valence-electron chi connectivity index (χ4n) is 3.07. The van der Waals surface area contributed by atoms with Crippen LogP contribution >= 0.6 is 0 Å². The Balaban J connectivity index is 0.000000409. The number of carbonyl (C=O) groups is 2. The van der Waals surface area contributed by atoms with Crippen molar-refractivity contribution in [1.29, 1.82) is 0 Å². The van der Waals surface area contributed by atoms with Crippen LogP contribution in [0.3, 0.4) is 0 Å². The topological polar surface area (TPSA) is 94.0 Å². The van der Waals surface area contributed by atoms with Gasteiger partial charge < -0.3 is 15.1 Å². The molecule has 1 aliphatic rings. The molecule has 1 aliphatic heterocycles. The Morgan fingerprint density at radius 2 is 1.39 bits per heavy atom. The maximum Gasteiger partial charge on any atom is 0.414 e. The Labute approximate surface area is 165 Å². The summed E-state index contributed by atoms with van der Waals surface area (Å²) in [6, 6.07) is 15.0. The summed E-state index contributed by atoms with van der Waals surface area (Å²) in [4.78, 5) is 27.4. The first kappa shape index (κ1) is 21.5. The van der Waals surface area contributed by atoms with E-state index in [0.29, 0.717) is 0 Å². The summed E-state index contributed by atoms with van der Waals surface area (Å²) in [6.45, 7) is 7.01. The van der Waals surface area contributed by atoms with E-state index in [1.807, 2.05) is 12.4 Å². The molecule has 7 nitrogen and oxygen atoms in total. The third kappa shape index (κ3) is 8.28. The summed E-state index contributed by atoms with van der Waals surface area (Å²) in [5, 5.41) is 14.8. The van der Waals surface area contributed by atoms with Crippen LogP contribution in [-0.4, -0.2) is 69.7 Å². The van der Waals surface area contributed by atoms with E-state index in [-0.39, 0.29) is 0 Å². The molecule has 0 amide bonds. The lowest BCUT2D eigenvalue weighted by Gasteiger charge is -2.34. The van der Waals surface area contributed by atoms with Crippen LogP contribution < -0.4 is 0 Å². The number of rotatable bonds is 6. The molecule has 7 heteroatoms. The van der Waals surface area contributed by atoms with Crippen LogP contribution in [0.25, 0.3) is 0 Å². The van der Waals surface area contributed by atoms with Crippen molar-refractivity contribution < 1.29 is 19.8 Å². The molecule has 2 aromatic rings. The largest absolute Gasteiger partial charge is 0.473 e. The molecule has 0 aliphatic carbocycles. The molecule has 1 aromatic heterocycles. The third-order valence-electron chi connectivity index (χ3n) is 4.59. The second-order valence-electron chi connectivity index (χ2n) is 6.67. The van der Waals surface area contributed by atoms with Crippen molar-refractivity contribution in [3.05, 3.63) is 66.0 Å². The monoisotopic (exact) mass is 385 g/mol. The van der Waals surface area contributed by atoms with Crippen molar-refractivity contribution in [2.24, 2.45) is 0 Å². The number of aromatic nitrogens is 1. The molecule has 1 fully saturated rings. The molecule has 1 aromatic carbocycles. The normalized spacial score (nSPS) is 14.7. The van der Waals surface area contributed by atoms with Gasteiger partial charge in [0.15, 0.2) is 0 Å². The van der Waals surface area contributed by atoms with E-state index in [9.17, 15) is 0 Å². The minimum absolute atomic E-state index is 1.06. The van der Waals surface area contributed by atoms with Gasteiger partial charge in [-0.25, -0.2) is 9.59 Å². The first-order chi connectivity index (χ1) is 13.5. The Kier molecular flexibility index (Phi) is 9.10.